The summed E-state index contributed by atoms with van der Waals surface area (Å²) in [5.41, 5.74) is 0. The van der Waals surface area contributed by atoms with Gasteiger partial charge in [0.15, 0.2) is 0 Å². The van der Waals surface area contributed by atoms with Crippen LogP contribution < -0.4 is 5.32 Å². The van der Waals surface area contributed by atoms with Crippen molar-refractivity contribution in [1.29, 1.82) is 0 Å². The van der Waals surface area contributed by atoms with E-state index in [9.17, 15) is 4.79 Å². The van der Waals surface area contributed by atoms with Crippen molar-refractivity contribution < 1.29 is 9.53 Å². The fourth-order valence-electron chi connectivity index (χ4n) is 1.18. The van der Waals surface area contributed by atoms with Crippen molar-refractivity contribution in [1.82, 2.24) is 10.3 Å². The average Bonchev–Trinajstić information content (AvgIpc) is 2.28. The number of carbonyl (C=O) groups is 1. The molecule has 0 saturated carbocycles. The summed E-state index contributed by atoms with van der Waals surface area (Å²) in [6.07, 6.45) is 1.72. The number of nitrogens with zero attached hydrogens (tertiary/aromatic N) is 1. The molecule has 1 aromatic heterocycles. The molecule has 1 unspecified atom stereocenters. The third kappa shape index (κ3) is 5.14. The van der Waals surface area contributed by atoms with Gasteiger partial charge in [0.05, 0.1) is 17.4 Å². The van der Waals surface area contributed by atoms with Gasteiger partial charge in [-0.1, -0.05) is 17.8 Å². The van der Waals surface area contributed by atoms with Crippen molar-refractivity contribution in [3.05, 3.63) is 24.4 Å². The van der Waals surface area contributed by atoms with E-state index in [0.29, 0.717) is 12.4 Å². The number of pyridine rings is 1. The molecule has 0 aromatic carbocycles. The van der Waals surface area contributed by atoms with Gasteiger partial charge in [-0.05, 0) is 19.1 Å². The lowest BCUT2D eigenvalue weighted by Gasteiger charge is -2.12. The molecule has 88 valence electrons. The molecule has 0 saturated heterocycles. The molecule has 0 aliphatic heterocycles. The molecule has 0 aliphatic carbocycles. The predicted molar refractivity (Wildman–Crippen MR) is 64.4 cm³/mol. The largest absolute Gasteiger partial charge is 0.383 e. The van der Waals surface area contributed by atoms with Crippen LogP contribution >= 0.6 is 11.8 Å². The SMILES string of the molecule is COCC(C)NC(=O)CSc1ccccn1. The fraction of sp³-hybridized carbons (Fsp3) is 0.455. The summed E-state index contributed by atoms with van der Waals surface area (Å²) in [7, 11) is 1.62. The van der Waals surface area contributed by atoms with Crippen LogP contribution in [0.3, 0.4) is 0 Å². The predicted octanol–water partition coefficient (Wildman–Crippen LogP) is 1.32. The lowest BCUT2D eigenvalue weighted by Crippen LogP contribution is -2.36. The maximum atomic E-state index is 11.5. The van der Waals surface area contributed by atoms with Crippen LogP contribution in [0, 0.1) is 0 Å². The van der Waals surface area contributed by atoms with E-state index < -0.39 is 0 Å². The van der Waals surface area contributed by atoms with Gasteiger partial charge in [0, 0.05) is 19.3 Å². The lowest BCUT2D eigenvalue weighted by atomic mass is 10.3. The van der Waals surface area contributed by atoms with E-state index in [0.717, 1.165) is 5.03 Å². The van der Waals surface area contributed by atoms with E-state index in [2.05, 4.69) is 10.3 Å². The monoisotopic (exact) mass is 240 g/mol. The highest BCUT2D eigenvalue weighted by Gasteiger charge is 2.07. The van der Waals surface area contributed by atoms with Gasteiger partial charge < -0.3 is 10.1 Å². The Morgan fingerprint density at radius 3 is 3.06 bits per heavy atom. The summed E-state index contributed by atoms with van der Waals surface area (Å²) in [6, 6.07) is 5.68. The van der Waals surface area contributed by atoms with Gasteiger partial charge in [-0.25, -0.2) is 4.98 Å². The number of nitrogens with one attached hydrogen (secondary N) is 1. The summed E-state index contributed by atoms with van der Waals surface area (Å²) in [6.45, 7) is 2.44. The van der Waals surface area contributed by atoms with E-state index in [1.807, 2.05) is 25.1 Å². The van der Waals surface area contributed by atoms with E-state index in [4.69, 9.17) is 4.74 Å². The second-order valence-electron chi connectivity index (χ2n) is 3.38. The van der Waals surface area contributed by atoms with Gasteiger partial charge >= 0.3 is 0 Å². The zero-order chi connectivity index (χ0) is 11.8. The van der Waals surface area contributed by atoms with Crippen molar-refractivity contribution in [2.24, 2.45) is 0 Å². The summed E-state index contributed by atoms with van der Waals surface area (Å²) >= 11 is 1.42. The molecule has 16 heavy (non-hydrogen) atoms. The summed E-state index contributed by atoms with van der Waals surface area (Å²) < 4.78 is 4.93. The van der Waals surface area contributed by atoms with Crippen molar-refractivity contribution in [2.45, 2.75) is 18.0 Å². The highest BCUT2D eigenvalue weighted by atomic mass is 32.2. The number of aromatic nitrogens is 1. The Labute approximate surface area is 99.8 Å². The first-order valence-electron chi connectivity index (χ1n) is 5.04. The zero-order valence-corrected chi connectivity index (χ0v) is 10.3. The Bertz CT molecular complexity index is 319. The summed E-state index contributed by atoms with van der Waals surface area (Å²) in [5.74, 6) is 0.380. The number of hydrogen-bond donors (Lipinski definition) is 1. The Hall–Kier alpha value is -1.07. The maximum absolute atomic E-state index is 11.5. The first kappa shape index (κ1) is 13.0. The molecule has 1 amide bonds. The Morgan fingerprint density at radius 1 is 1.62 bits per heavy atom. The van der Waals surface area contributed by atoms with Crippen molar-refractivity contribution >= 4 is 17.7 Å². The molecule has 0 bridgehead atoms. The van der Waals surface area contributed by atoms with Gasteiger partial charge in [0.1, 0.15) is 0 Å². The molecular weight excluding hydrogens is 224 g/mol. The molecule has 0 spiro atoms. The van der Waals surface area contributed by atoms with Gasteiger partial charge in [-0.2, -0.15) is 0 Å². The molecule has 5 heteroatoms. The normalized spacial score (nSPS) is 12.1. The minimum absolute atomic E-state index is 0.000188. The lowest BCUT2D eigenvalue weighted by molar-refractivity contribution is -0.119. The van der Waals surface area contributed by atoms with Crippen LogP contribution in [0.15, 0.2) is 29.4 Å². The second-order valence-corrected chi connectivity index (χ2v) is 4.38. The molecule has 0 fully saturated rings. The summed E-state index contributed by atoms with van der Waals surface area (Å²) in [4.78, 5) is 15.6. The minimum Gasteiger partial charge on any atom is -0.383 e. The van der Waals surface area contributed by atoms with Crippen LogP contribution in [-0.2, 0) is 9.53 Å². The third-order valence-corrected chi connectivity index (χ3v) is 2.76. The number of rotatable bonds is 6. The van der Waals surface area contributed by atoms with Gasteiger partial charge in [0.25, 0.3) is 0 Å². The molecule has 1 aromatic rings. The van der Waals surface area contributed by atoms with Crippen LogP contribution in [0.1, 0.15) is 6.92 Å². The Balaban J connectivity index is 2.25. The minimum atomic E-state index is 0.000188. The van der Waals surface area contributed by atoms with Crippen LogP contribution in [0.4, 0.5) is 0 Å². The standard InChI is InChI=1S/C11H16N2O2S/c1-9(7-15-2)13-10(14)8-16-11-5-3-4-6-12-11/h3-6,9H,7-8H2,1-2H3,(H,13,14). The van der Waals surface area contributed by atoms with E-state index in [1.165, 1.54) is 11.8 Å². The number of hydrogen-bond acceptors (Lipinski definition) is 4. The quantitative estimate of drug-likeness (QED) is 0.762. The second kappa shape index (κ2) is 7.24. The molecule has 0 aliphatic rings. The molecule has 4 nitrogen and oxygen atoms in total. The van der Waals surface area contributed by atoms with E-state index in [-0.39, 0.29) is 11.9 Å². The molecule has 1 N–H and O–H groups in total. The highest BCUT2D eigenvalue weighted by Crippen LogP contribution is 2.12. The van der Waals surface area contributed by atoms with E-state index in [1.54, 1.807) is 13.3 Å². The van der Waals surface area contributed by atoms with Crippen molar-refractivity contribution in [2.75, 3.05) is 19.5 Å². The Kier molecular flexibility index (Phi) is 5.88. The van der Waals surface area contributed by atoms with Crippen LogP contribution in [-0.4, -0.2) is 36.4 Å². The first-order chi connectivity index (χ1) is 7.72. The number of amides is 1. The Morgan fingerprint density at radius 2 is 2.44 bits per heavy atom. The molecule has 0 radical (unpaired) electrons. The zero-order valence-electron chi connectivity index (χ0n) is 9.47. The van der Waals surface area contributed by atoms with E-state index >= 15 is 0 Å². The van der Waals surface area contributed by atoms with Crippen LogP contribution in [0.5, 0.6) is 0 Å². The van der Waals surface area contributed by atoms with Crippen LogP contribution in [0.25, 0.3) is 0 Å². The van der Waals surface area contributed by atoms with Crippen molar-refractivity contribution in [3.63, 3.8) is 0 Å². The number of methoxy groups -OCH3 is 1. The molecule has 1 rings (SSSR count). The van der Waals surface area contributed by atoms with Crippen LogP contribution in [0.2, 0.25) is 0 Å². The topological polar surface area (TPSA) is 51.2 Å². The maximum Gasteiger partial charge on any atom is 0.230 e. The molecular formula is C11H16N2O2S. The smallest absolute Gasteiger partial charge is 0.230 e. The highest BCUT2D eigenvalue weighted by molar-refractivity contribution is 7.99. The van der Waals surface area contributed by atoms with Gasteiger partial charge in [-0.3, -0.25) is 4.79 Å². The fourth-order valence-corrected chi connectivity index (χ4v) is 1.85. The third-order valence-electron chi connectivity index (χ3n) is 1.81. The average molecular weight is 240 g/mol. The molecule has 1 atom stereocenters. The first-order valence-corrected chi connectivity index (χ1v) is 6.03. The summed E-state index contributed by atoms with van der Waals surface area (Å²) in [5, 5.41) is 3.70. The number of carbonyl (C=O) groups excluding carboxylic acids is 1. The van der Waals surface area contributed by atoms with Gasteiger partial charge in [0.2, 0.25) is 5.91 Å². The number of ether oxygens (including phenoxy) is 1. The van der Waals surface area contributed by atoms with Gasteiger partial charge in [-0.15, -0.1) is 0 Å². The van der Waals surface area contributed by atoms with Crippen molar-refractivity contribution in [3.8, 4) is 0 Å². The molecule has 1 heterocycles. The number of thioether (sulfide) groups is 1.